The average molecular weight is 358 g/mol. The molecule has 0 atom stereocenters. The lowest BCUT2D eigenvalue weighted by atomic mass is 10.2. The van der Waals surface area contributed by atoms with Crippen LogP contribution in [0.1, 0.15) is 27.7 Å². The summed E-state index contributed by atoms with van der Waals surface area (Å²) in [5.74, 6) is 0.0522. The van der Waals surface area contributed by atoms with Crippen LogP contribution in [0.3, 0.4) is 0 Å². The van der Waals surface area contributed by atoms with Gasteiger partial charge in [0.15, 0.2) is 11.2 Å². The Balaban J connectivity index is 2.39. The van der Waals surface area contributed by atoms with Gasteiger partial charge in [0.05, 0.1) is 12.0 Å². The van der Waals surface area contributed by atoms with E-state index in [9.17, 15) is 14.0 Å². The zero-order valence-corrected chi connectivity index (χ0v) is 15.4. The molecule has 0 spiro atoms. The minimum Gasteiger partial charge on any atom is -0.324 e. The number of nitrogens with zero attached hydrogens (tertiary/aromatic N) is 4. The predicted molar refractivity (Wildman–Crippen MR) is 99.2 cm³/mol. The molecule has 3 aromatic rings. The second kappa shape index (κ2) is 6.90. The van der Waals surface area contributed by atoms with E-state index in [0.717, 1.165) is 0 Å². The van der Waals surface area contributed by atoms with Crippen LogP contribution in [0.2, 0.25) is 0 Å². The fourth-order valence-corrected chi connectivity index (χ4v) is 3.06. The molecule has 26 heavy (non-hydrogen) atoms. The maximum Gasteiger partial charge on any atom is 0.337 e. The summed E-state index contributed by atoms with van der Waals surface area (Å²) in [7, 11) is 0. The van der Waals surface area contributed by atoms with E-state index in [2.05, 4.69) is 18.8 Å². The van der Waals surface area contributed by atoms with Gasteiger partial charge < -0.3 is 4.57 Å². The summed E-state index contributed by atoms with van der Waals surface area (Å²) < 4.78 is 17.7. The molecule has 0 unspecified atom stereocenters. The minimum atomic E-state index is -0.461. The van der Waals surface area contributed by atoms with Crippen LogP contribution < -0.4 is 11.2 Å². The van der Waals surface area contributed by atoms with Gasteiger partial charge in [0, 0.05) is 13.1 Å². The van der Waals surface area contributed by atoms with Crippen molar-refractivity contribution >= 4 is 11.2 Å². The molecular weight excluding hydrogens is 335 g/mol. The third kappa shape index (κ3) is 3.21. The Labute approximate surface area is 150 Å². The first-order valence-electron chi connectivity index (χ1n) is 8.76. The van der Waals surface area contributed by atoms with E-state index in [1.54, 1.807) is 10.9 Å². The third-order valence-electron chi connectivity index (χ3n) is 4.09. The van der Waals surface area contributed by atoms with E-state index in [1.807, 2.05) is 13.8 Å². The lowest BCUT2D eigenvalue weighted by Crippen LogP contribution is -2.41. The SMILES string of the molecule is CC(C)Cn1c(=O)c2c(ncn2CC(C)C)n(-c2ccc(F)cc2)c1=O. The first kappa shape index (κ1) is 18.1. The fourth-order valence-electron chi connectivity index (χ4n) is 3.06. The second-order valence-electron chi connectivity index (χ2n) is 7.37. The number of imidazole rings is 1. The molecule has 2 heterocycles. The number of rotatable bonds is 5. The van der Waals surface area contributed by atoms with Crippen molar-refractivity contribution in [3.05, 3.63) is 57.2 Å². The number of halogens is 1. The summed E-state index contributed by atoms with van der Waals surface area (Å²) in [6, 6.07) is 5.61. The molecule has 0 aliphatic carbocycles. The molecule has 0 N–H and O–H groups in total. The molecule has 0 amide bonds. The minimum absolute atomic E-state index is 0.126. The van der Waals surface area contributed by atoms with Gasteiger partial charge in [0.2, 0.25) is 0 Å². The Kier molecular flexibility index (Phi) is 4.80. The largest absolute Gasteiger partial charge is 0.337 e. The Morgan fingerprint density at radius 1 is 1.00 bits per heavy atom. The average Bonchev–Trinajstić information content (AvgIpc) is 2.96. The maximum absolute atomic E-state index is 13.3. The molecule has 0 bridgehead atoms. The van der Waals surface area contributed by atoms with Crippen molar-refractivity contribution in [1.29, 1.82) is 0 Å². The third-order valence-corrected chi connectivity index (χ3v) is 4.09. The number of fused-ring (bicyclic) bond motifs is 1. The second-order valence-corrected chi connectivity index (χ2v) is 7.37. The van der Waals surface area contributed by atoms with Gasteiger partial charge in [0.1, 0.15) is 5.82 Å². The molecule has 0 aliphatic heterocycles. The summed E-state index contributed by atoms with van der Waals surface area (Å²) in [5, 5.41) is 0. The molecule has 0 saturated carbocycles. The van der Waals surface area contributed by atoms with Gasteiger partial charge in [-0.3, -0.25) is 9.36 Å². The lowest BCUT2D eigenvalue weighted by molar-refractivity contribution is 0.485. The molecule has 3 rings (SSSR count). The Morgan fingerprint density at radius 2 is 1.62 bits per heavy atom. The fraction of sp³-hybridized carbons (Fsp3) is 0.421. The standard InChI is InChI=1S/C19H23FN4O2/c1-12(2)9-22-11-21-17-16(22)18(25)23(10-13(3)4)19(26)24(17)15-7-5-14(20)6-8-15/h5-8,11-13H,9-10H2,1-4H3. The normalized spacial score (nSPS) is 11.8. The van der Waals surface area contributed by atoms with Gasteiger partial charge in [-0.1, -0.05) is 27.7 Å². The van der Waals surface area contributed by atoms with Crippen molar-refractivity contribution in [3.8, 4) is 5.69 Å². The highest BCUT2D eigenvalue weighted by atomic mass is 19.1. The van der Waals surface area contributed by atoms with Crippen molar-refractivity contribution in [2.45, 2.75) is 40.8 Å². The van der Waals surface area contributed by atoms with Crippen molar-refractivity contribution in [2.24, 2.45) is 11.8 Å². The summed E-state index contributed by atoms with van der Waals surface area (Å²) >= 11 is 0. The van der Waals surface area contributed by atoms with Gasteiger partial charge in [-0.25, -0.2) is 18.7 Å². The number of hydrogen-bond donors (Lipinski definition) is 0. The Morgan fingerprint density at radius 3 is 2.19 bits per heavy atom. The van der Waals surface area contributed by atoms with Gasteiger partial charge in [0.25, 0.3) is 5.56 Å². The Hall–Kier alpha value is -2.70. The highest BCUT2D eigenvalue weighted by Crippen LogP contribution is 2.15. The van der Waals surface area contributed by atoms with E-state index in [0.29, 0.717) is 35.9 Å². The van der Waals surface area contributed by atoms with Crippen LogP contribution >= 0.6 is 0 Å². The number of benzene rings is 1. The lowest BCUT2D eigenvalue weighted by Gasteiger charge is -2.14. The van der Waals surface area contributed by atoms with E-state index in [1.165, 1.54) is 33.4 Å². The Bertz CT molecular complexity index is 1040. The predicted octanol–water partition coefficient (Wildman–Crippen LogP) is 2.80. The molecular formula is C19H23FN4O2. The molecule has 7 heteroatoms. The van der Waals surface area contributed by atoms with Crippen molar-refractivity contribution in [3.63, 3.8) is 0 Å². The quantitative estimate of drug-likeness (QED) is 0.705. The number of hydrogen-bond acceptors (Lipinski definition) is 3. The molecule has 0 fully saturated rings. The van der Waals surface area contributed by atoms with Gasteiger partial charge in [-0.2, -0.15) is 0 Å². The summed E-state index contributed by atoms with van der Waals surface area (Å²) in [5.41, 5.74) is 0.372. The molecule has 2 aromatic heterocycles. The highest BCUT2D eigenvalue weighted by molar-refractivity contribution is 5.72. The molecule has 138 valence electrons. The smallest absolute Gasteiger partial charge is 0.324 e. The van der Waals surface area contributed by atoms with Crippen LogP contribution in [0.15, 0.2) is 40.2 Å². The van der Waals surface area contributed by atoms with E-state index >= 15 is 0 Å². The van der Waals surface area contributed by atoms with Gasteiger partial charge in [-0.15, -0.1) is 0 Å². The maximum atomic E-state index is 13.3. The summed E-state index contributed by atoms with van der Waals surface area (Å²) in [6.45, 7) is 8.92. The monoisotopic (exact) mass is 358 g/mol. The molecule has 6 nitrogen and oxygen atoms in total. The molecule has 0 radical (unpaired) electrons. The zero-order chi connectivity index (χ0) is 19.0. The van der Waals surface area contributed by atoms with Crippen LogP contribution in [0.4, 0.5) is 4.39 Å². The van der Waals surface area contributed by atoms with E-state index in [-0.39, 0.29) is 17.3 Å². The first-order valence-corrected chi connectivity index (χ1v) is 8.76. The van der Waals surface area contributed by atoms with Crippen LogP contribution in [0.5, 0.6) is 0 Å². The molecule has 0 aliphatic rings. The highest BCUT2D eigenvalue weighted by Gasteiger charge is 2.20. The van der Waals surface area contributed by atoms with Crippen LogP contribution in [0.25, 0.3) is 16.9 Å². The van der Waals surface area contributed by atoms with Gasteiger partial charge >= 0.3 is 5.69 Å². The first-order chi connectivity index (χ1) is 12.3. The summed E-state index contributed by atoms with van der Waals surface area (Å²) in [6.07, 6.45) is 1.59. The van der Waals surface area contributed by atoms with Crippen LogP contribution in [-0.2, 0) is 13.1 Å². The van der Waals surface area contributed by atoms with Crippen molar-refractivity contribution in [1.82, 2.24) is 18.7 Å². The molecule has 1 aromatic carbocycles. The van der Waals surface area contributed by atoms with Gasteiger partial charge in [-0.05, 0) is 36.1 Å². The zero-order valence-electron chi connectivity index (χ0n) is 15.4. The van der Waals surface area contributed by atoms with Crippen molar-refractivity contribution < 1.29 is 4.39 Å². The molecule has 0 saturated heterocycles. The van der Waals surface area contributed by atoms with E-state index < -0.39 is 5.69 Å². The summed E-state index contributed by atoms with van der Waals surface area (Å²) in [4.78, 5) is 30.4. The number of aromatic nitrogens is 4. The van der Waals surface area contributed by atoms with E-state index in [4.69, 9.17) is 0 Å². The topological polar surface area (TPSA) is 61.8 Å². The van der Waals surface area contributed by atoms with Crippen molar-refractivity contribution in [2.75, 3.05) is 0 Å². The van der Waals surface area contributed by atoms with Crippen LogP contribution in [-0.4, -0.2) is 18.7 Å². The van der Waals surface area contributed by atoms with Crippen LogP contribution in [0, 0.1) is 17.7 Å².